The lowest BCUT2D eigenvalue weighted by molar-refractivity contribution is -0.127. The zero-order valence-corrected chi connectivity index (χ0v) is 11.7. The normalized spacial score (nSPS) is 14.9. The Hall–Kier alpha value is -1.89. The van der Waals surface area contributed by atoms with Crippen LogP contribution in [0.1, 0.15) is 12.8 Å². The largest absolute Gasteiger partial charge is 0.355 e. The maximum absolute atomic E-state index is 11.9. The van der Waals surface area contributed by atoms with Crippen molar-refractivity contribution >= 4 is 23.3 Å². The van der Waals surface area contributed by atoms with E-state index in [1.165, 1.54) is 16.2 Å². The minimum Gasteiger partial charge on any atom is -0.342 e. The van der Waals surface area contributed by atoms with Crippen LogP contribution in [0.25, 0.3) is 5.65 Å². The Morgan fingerprint density at radius 1 is 1.25 bits per heavy atom. The third-order valence-corrected chi connectivity index (χ3v) is 4.06. The summed E-state index contributed by atoms with van der Waals surface area (Å²) in [7, 11) is 0. The zero-order valence-electron chi connectivity index (χ0n) is 10.9. The Kier molecular flexibility index (Phi) is 3.68. The van der Waals surface area contributed by atoms with E-state index in [2.05, 4.69) is 9.97 Å². The van der Waals surface area contributed by atoms with Crippen molar-refractivity contribution in [1.29, 1.82) is 0 Å². The third-order valence-electron chi connectivity index (χ3n) is 3.23. The van der Waals surface area contributed by atoms with Gasteiger partial charge in [0.15, 0.2) is 5.16 Å². The van der Waals surface area contributed by atoms with Crippen LogP contribution in [0.15, 0.2) is 34.3 Å². The number of hydrogen-bond acceptors (Lipinski definition) is 5. The number of nitrogens with zero attached hydrogens (tertiary/aromatic N) is 4. The molecule has 0 aromatic carbocycles. The molecule has 0 spiro atoms. The number of fused-ring (bicyclic) bond motifs is 1. The van der Waals surface area contributed by atoms with Crippen molar-refractivity contribution in [2.75, 3.05) is 18.8 Å². The molecule has 0 N–H and O–H groups in total. The average Bonchev–Trinajstić information content (AvgIpc) is 2.99. The number of carbonyl (C=O) groups excluding carboxylic acids is 1. The number of thioether (sulfide) groups is 1. The summed E-state index contributed by atoms with van der Waals surface area (Å²) < 4.78 is 1.38. The van der Waals surface area contributed by atoms with Crippen molar-refractivity contribution in [3.05, 3.63) is 34.9 Å². The van der Waals surface area contributed by atoms with Crippen LogP contribution in [0, 0.1) is 0 Å². The summed E-state index contributed by atoms with van der Waals surface area (Å²) in [5, 5.41) is 0.355. The first kappa shape index (κ1) is 13.1. The molecule has 2 aromatic rings. The van der Waals surface area contributed by atoms with Crippen LogP contribution >= 0.6 is 11.8 Å². The highest BCUT2D eigenvalue weighted by Crippen LogP contribution is 2.15. The molecule has 6 nitrogen and oxygen atoms in total. The fourth-order valence-corrected chi connectivity index (χ4v) is 2.93. The predicted octanol–water partition coefficient (Wildman–Crippen LogP) is 0.804. The smallest absolute Gasteiger partial charge is 0.342 e. The van der Waals surface area contributed by atoms with Crippen molar-refractivity contribution in [2.45, 2.75) is 18.0 Å². The van der Waals surface area contributed by atoms with E-state index in [1.54, 1.807) is 18.3 Å². The van der Waals surface area contributed by atoms with Gasteiger partial charge in [0, 0.05) is 19.3 Å². The Bertz CT molecular complexity index is 694. The highest BCUT2D eigenvalue weighted by atomic mass is 32.2. The van der Waals surface area contributed by atoms with Crippen LogP contribution < -0.4 is 5.69 Å². The molecule has 2 aromatic heterocycles. The molecule has 1 aliphatic heterocycles. The first-order chi connectivity index (χ1) is 9.74. The van der Waals surface area contributed by atoms with Crippen molar-refractivity contribution in [3.63, 3.8) is 0 Å². The van der Waals surface area contributed by atoms with E-state index in [-0.39, 0.29) is 17.3 Å². The van der Waals surface area contributed by atoms with Crippen molar-refractivity contribution in [3.8, 4) is 0 Å². The third kappa shape index (κ3) is 2.67. The van der Waals surface area contributed by atoms with Gasteiger partial charge in [-0.05, 0) is 25.0 Å². The molecule has 20 heavy (non-hydrogen) atoms. The van der Waals surface area contributed by atoms with Gasteiger partial charge < -0.3 is 4.90 Å². The first-order valence-electron chi connectivity index (χ1n) is 6.50. The highest BCUT2D eigenvalue weighted by molar-refractivity contribution is 7.99. The fraction of sp³-hybridized carbons (Fsp3) is 0.385. The second-order valence-corrected chi connectivity index (χ2v) is 5.54. The lowest BCUT2D eigenvalue weighted by atomic mass is 10.4. The predicted molar refractivity (Wildman–Crippen MR) is 75.8 cm³/mol. The zero-order chi connectivity index (χ0) is 13.9. The number of amides is 1. The van der Waals surface area contributed by atoms with Crippen LogP contribution in [0.5, 0.6) is 0 Å². The van der Waals surface area contributed by atoms with Gasteiger partial charge in [-0.25, -0.2) is 9.78 Å². The van der Waals surface area contributed by atoms with Gasteiger partial charge in [0.25, 0.3) is 0 Å². The first-order valence-corrected chi connectivity index (χ1v) is 7.48. The monoisotopic (exact) mass is 290 g/mol. The van der Waals surface area contributed by atoms with E-state index in [0.717, 1.165) is 25.9 Å². The molecule has 1 amide bonds. The molecular formula is C13H14N4O2S. The summed E-state index contributed by atoms with van der Waals surface area (Å²) in [6.07, 6.45) is 3.77. The molecule has 1 fully saturated rings. The number of likely N-dealkylation sites (tertiary alicyclic amines) is 1. The van der Waals surface area contributed by atoms with E-state index in [4.69, 9.17) is 0 Å². The highest BCUT2D eigenvalue weighted by Gasteiger charge is 2.18. The van der Waals surface area contributed by atoms with Crippen LogP contribution in [-0.2, 0) is 4.79 Å². The fourth-order valence-electron chi connectivity index (χ4n) is 2.19. The second-order valence-electron chi connectivity index (χ2n) is 4.59. The van der Waals surface area contributed by atoms with Crippen LogP contribution in [0.2, 0.25) is 0 Å². The van der Waals surface area contributed by atoms with Crippen molar-refractivity contribution in [1.82, 2.24) is 19.3 Å². The maximum Gasteiger partial charge on any atom is 0.355 e. The number of aromatic nitrogens is 3. The van der Waals surface area contributed by atoms with Crippen molar-refractivity contribution < 1.29 is 4.79 Å². The van der Waals surface area contributed by atoms with Gasteiger partial charge in [0.1, 0.15) is 5.65 Å². The van der Waals surface area contributed by atoms with Crippen molar-refractivity contribution in [2.24, 2.45) is 0 Å². The minimum absolute atomic E-state index is 0.0874. The lowest BCUT2D eigenvalue weighted by Gasteiger charge is -2.14. The molecule has 104 valence electrons. The van der Waals surface area contributed by atoms with E-state index in [0.29, 0.717) is 10.8 Å². The minimum atomic E-state index is -0.369. The molecule has 0 atom stereocenters. The molecule has 1 saturated heterocycles. The Morgan fingerprint density at radius 2 is 2.05 bits per heavy atom. The van der Waals surface area contributed by atoms with Gasteiger partial charge in [-0.2, -0.15) is 4.98 Å². The van der Waals surface area contributed by atoms with Gasteiger partial charge in [-0.1, -0.05) is 17.8 Å². The second kappa shape index (κ2) is 5.62. The van der Waals surface area contributed by atoms with Crippen LogP contribution in [-0.4, -0.2) is 44.0 Å². The van der Waals surface area contributed by atoms with E-state index in [1.807, 2.05) is 11.0 Å². The number of pyridine rings is 1. The maximum atomic E-state index is 11.9. The number of carbonyl (C=O) groups is 1. The lowest BCUT2D eigenvalue weighted by Crippen LogP contribution is -2.29. The van der Waals surface area contributed by atoms with E-state index in [9.17, 15) is 9.59 Å². The molecule has 3 heterocycles. The van der Waals surface area contributed by atoms with E-state index < -0.39 is 0 Å². The van der Waals surface area contributed by atoms with Gasteiger partial charge in [-0.15, -0.1) is 0 Å². The molecular weight excluding hydrogens is 276 g/mol. The molecule has 0 saturated carbocycles. The standard InChI is InChI=1S/C13H14N4O2S/c18-11(16-6-3-4-7-16)9-20-12-14-10-5-1-2-8-17(10)13(19)15-12/h1-2,5,8H,3-4,6-7,9H2. The summed E-state index contributed by atoms with van der Waals surface area (Å²) >= 11 is 1.22. The SMILES string of the molecule is O=C(CSc1nc(=O)n2ccccc2n1)N1CCCC1. The molecule has 0 unspecified atom stereocenters. The molecule has 0 bridgehead atoms. The van der Waals surface area contributed by atoms with Gasteiger partial charge in [0.05, 0.1) is 5.75 Å². The quantitative estimate of drug-likeness (QED) is 0.782. The summed E-state index contributed by atoms with van der Waals surface area (Å²) in [6, 6.07) is 5.31. The number of rotatable bonds is 3. The Balaban J connectivity index is 1.74. The van der Waals surface area contributed by atoms with Gasteiger partial charge in [-0.3, -0.25) is 9.20 Å². The molecule has 7 heteroatoms. The summed E-state index contributed by atoms with van der Waals surface area (Å²) in [4.78, 5) is 33.8. The molecule has 0 aliphatic carbocycles. The van der Waals surface area contributed by atoms with Crippen LogP contribution in [0.4, 0.5) is 0 Å². The molecule has 0 radical (unpaired) electrons. The summed E-state index contributed by atoms with van der Waals surface area (Å²) in [6.45, 7) is 1.67. The molecule has 3 rings (SSSR count). The molecule has 1 aliphatic rings. The topological polar surface area (TPSA) is 67.6 Å². The average molecular weight is 290 g/mol. The van der Waals surface area contributed by atoms with Gasteiger partial charge >= 0.3 is 5.69 Å². The Morgan fingerprint density at radius 3 is 2.85 bits per heavy atom. The summed E-state index contributed by atoms with van der Waals surface area (Å²) in [5.41, 5.74) is 0.176. The van der Waals surface area contributed by atoms with E-state index >= 15 is 0 Å². The summed E-state index contributed by atoms with van der Waals surface area (Å²) in [5.74, 6) is 0.368. The van der Waals surface area contributed by atoms with Gasteiger partial charge in [0.2, 0.25) is 5.91 Å². The van der Waals surface area contributed by atoms with Crippen LogP contribution in [0.3, 0.4) is 0 Å². The Labute approximate surface area is 119 Å². The number of hydrogen-bond donors (Lipinski definition) is 0.